The predicted molar refractivity (Wildman–Crippen MR) is 94.3 cm³/mol. The molecule has 1 aromatic heterocycles. The van der Waals surface area contributed by atoms with Crippen LogP contribution in [0.15, 0.2) is 0 Å². The van der Waals surface area contributed by atoms with Gasteiger partial charge in [0.2, 0.25) is 5.91 Å². The van der Waals surface area contributed by atoms with E-state index in [9.17, 15) is 9.59 Å². The van der Waals surface area contributed by atoms with Crippen molar-refractivity contribution in [3.63, 3.8) is 0 Å². The molecule has 4 nitrogen and oxygen atoms in total. The van der Waals surface area contributed by atoms with Gasteiger partial charge < -0.3 is 10.2 Å². The van der Waals surface area contributed by atoms with Crippen LogP contribution in [0.4, 0.5) is 5.00 Å². The van der Waals surface area contributed by atoms with Crippen LogP contribution >= 0.6 is 11.3 Å². The Morgan fingerprint density at radius 1 is 1.04 bits per heavy atom. The minimum atomic E-state index is -0.00546. The van der Waals surface area contributed by atoms with Crippen LogP contribution in [0.25, 0.3) is 0 Å². The Bertz CT molecular complexity index is 588. The molecule has 0 unspecified atom stereocenters. The van der Waals surface area contributed by atoms with Gasteiger partial charge in [0.05, 0.1) is 5.56 Å². The Morgan fingerprint density at radius 3 is 2.48 bits per heavy atom. The maximum atomic E-state index is 13.1. The largest absolute Gasteiger partial charge is 0.339 e. The van der Waals surface area contributed by atoms with Gasteiger partial charge in [-0.1, -0.05) is 13.3 Å². The molecule has 2 heterocycles. The van der Waals surface area contributed by atoms with Crippen molar-refractivity contribution in [1.82, 2.24) is 4.90 Å². The maximum Gasteiger partial charge on any atom is 0.257 e. The molecule has 1 saturated heterocycles. The fourth-order valence-electron chi connectivity index (χ4n) is 3.53. The standard InChI is InChI=1S/C18H26N2O2S/c1-2-15(21)19-17-16(18(22)20-11-7-4-8-12-20)13-9-5-3-6-10-14(13)23-17/h2-12H2,1H3,(H,19,21). The highest BCUT2D eigenvalue weighted by atomic mass is 32.1. The zero-order chi connectivity index (χ0) is 16.2. The highest BCUT2D eigenvalue weighted by Crippen LogP contribution is 2.38. The van der Waals surface area contributed by atoms with Crippen molar-refractivity contribution >= 4 is 28.2 Å². The SMILES string of the molecule is CCC(=O)Nc1sc2c(c1C(=O)N1CCCCC1)CCCCC2. The molecular formula is C18H26N2O2S. The Hall–Kier alpha value is -1.36. The summed E-state index contributed by atoms with van der Waals surface area (Å²) in [5.41, 5.74) is 2.02. The molecule has 0 spiro atoms. The van der Waals surface area contributed by atoms with Crippen molar-refractivity contribution in [2.24, 2.45) is 0 Å². The van der Waals surface area contributed by atoms with Crippen molar-refractivity contribution in [2.75, 3.05) is 18.4 Å². The van der Waals surface area contributed by atoms with Crippen molar-refractivity contribution in [3.05, 3.63) is 16.0 Å². The van der Waals surface area contributed by atoms with Gasteiger partial charge in [0.1, 0.15) is 5.00 Å². The van der Waals surface area contributed by atoms with E-state index >= 15 is 0 Å². The number of hydrogen-bond donors (Lipinski definition) is 1. The molecule has 0 atom stereocenters. The molecule has 0 radical (unpaired) electrons. The zero-order valence-electron chi connectivity index (χ0n) is 14.0. The van der Waals surface area contributed by atoms with E-state index in [1.807, 2.05) is 11.8 Å². The summed E-state index contributed by atoms with van der Waals surface area (Å²) in [7, 11) is 0. The predicted octanol–water partition coefficient (Wildman–Crippen LogP) is 3.99. The summed E-state index contributed by atoms with van der Waals surface area (Å²) in [5, 5.41) is 3.78. The van der Waals surface area contributed by atoms with E-state index in [0.29, 0.717) is 6.42 Å². The summed E-state index contributed by atoms with van der Waals surface area (Å²) >= 11 is 1.63. The van der Waals surface area contributed by atoms with Gasteiger partial charge in [-0.05, 0) is 50.5 Å². The lowest BCUT2D eigenvalue weighted by Crippen LogP contribution is -2.36. The molecule has 1 fully saturated rings. The lowest BCUT2D eigenvalue weighted by molar-refractivity contribution is -0.115. The summed E-state index contributed by atoms with van der Waals surface area (Å²) in [5.74, 6) is 0.129. The number of carbonyl (C=O) groups excluding carboxylic acids is 2. The van der Waals surface area contributed by atoms with Gasteiger partial charge in [0, 0.05) is 24.4 Å². The van der Waals surface area contributed by atoms with Gasteiger partial charge >= 0.3 is 0 Å². The van der Waals surface area contributed by atoms with Crippen LogP contribution in [-0.4, -0.2) is 29.8 Å². The first kappa shape index (κ1) is 16.5. The first-order chi connectivity index (χ1) is 11.2. The molecule has 3 rings (SSSR count). The van der Waals surface area contributed by atoms with Crippen molar-refractivity contribution in [1.29, 1.82) is 0 Å². The third-order valence-corrected chi connectivity index (χ3v) is 6.06. The van der Waals surface area contributed by atoms with E-state index in [2.05, 4.69) is 5.32 Å². The second kappa shape index (κ2) is 7.47. The van der Waals surface area contributed by atoms with Gasteiger partial charge in [0.25, 0.3) is 5.91 Å². The summed E-state index contributed by atoms with van der Waals surface area (Å²) in [6, 6.07) is 0. The number of piperidine rings is 1. The molecule has 1 aromatic rings. The van der Waals surface area contributed by atoms with Crippen LogP contribution in [0.5, 0.6) is 0 Å². The Morgan fingerprint density at radius 2 is 1.74 bits per heavy atom. The number of anilines is 1. The first-order valence-electron chi connectivity index (χ1n) is 8.94. The molecule has 0 bridgehead atoms. The van der Waals surface area contributed by atoms with E-state index in [4.69, 9.17) is 0 Å². The fourth-order valence-corrected chi connectivity index (χ4v) is 4.82. The second-order valence-corrected chi connectivity index (χ2v) is 7.63. The average molecular weight is 334 g/mol. The Kier molecular flexibility index (Phi) is 5.36. The summed E-state index contributed by atoms with van der Waals surface area (Å²) in [6.45, 7) is 3.55. The number of thiophene rings is 1. The van der Waals surface area contributed by atoms with E-state index in [1.165, 1.54) is 29.7 Å². The van der Waals surface area contributed by atoms with Crippen molar-refractivity contribution in [3.8, 4) is 0 Å². The highest BCUT2D eigenvalue weighted by Gasteiger charge is 2.29. The van der Waals surface area contributed by atoms with Crippen LogP contribution in [0.3, 0.4) is 0 Å². The molecular weight excluding hydrogens is 308 g/mol. The number of nitrogens with one attached hydrogen (secondary N) is 1. The Balaban J connectivity index is 1.95. The van der Waals surface area contributed by atoms with Crippen molar-refractivity contribution in [2.45, 2.75) is 64.7 Å². The molecule has 1 N–H and O–H groups in total. The minimum absolute atomic E-state index is 0.00546. The third kappa shape index (κ3) is 3.60. The molecule has 23 heavy (non-hydrogen) atoms. The Labute approximate surface area is 142 Å². The monoisotopic (exact) mass is 334 g/mol. The summed E-state index contributed by atoms with van der Waals surface area (Å²) in [6.07, 6.45) is 9.42. The number of hydrogen-bond acceptors (Lipinski definition) is 3. The van der Waals surface area contributed by atoms with E-state index < -0.39 is 0 Å². The number of carbonyl (C=O) groups is 2. The average Bonchev–Trinajstić information content (AvgIpc) is 2.76. The third-order valence-electron chi connectivity index (χ3n) is 4.85. The van der Waals surface area contributed by atoms with Crippen molar-refractivity contribution < 1.29 is 9.59 Å². The number of rotatable bonds is 3. The van der Waals surface area contributed by atoms with Gasteiger partial charge in [-0.2, -0.15) is 0 Å². The second-order valence-electron chi connectivity index (χ2n) is 6.52. The lowest BCUT2D eigenvalue weighted by Gasteiger charge is -2.27. The lowest BCUT2D eigenvalue weighted by atomic mass is 10.0. The van der Waals surface area contributed by atoms with E-state index in [1.54, 1.807) is 11.3 Å². The number of fused-ring (bicyclic) bond motifs is 1. The fraction of sp³-hybridized carbons (Fsp3) is 0.667. The highest BCUT2D eigenvalue weighted by molar-refractivity contribution is 7.17. The number of aryl methyl sites for hydroxylation is 1. The normalized spacial score (nSPS) is 18.2. The molecule has 1 aliphatic carbocycles. The molecule has 0 aromatic carbocycles. The minimum Gasteiger partial charge on any atom is -0.339 e. The summed E-state index contributed by atoms with van der Waals surface area (Å²) < 4.78 is 0. The first-order valence-corrected chi connectivity index (χ1v) is 9.76. The van der Waals surface area contributed by atoms with Gasteiger partial charge in [0.15, 0.2) is 0 Å². The molecule has 2 amide bonds. The molecule has 126 valence electrons. The van der Waals surface area contributed by atoms with E-state index in [-0.39, 0.29) is 11.8 Å². The molecule has 0 saturated carbocycles. The van der Waals surface area contributed by atoms with Crippen LogP contribution < -0.4 is 5.32 Å². The van der Waals surface area contributed by atoms with Crippen LogP contribution in [0, 0.1) is 0 Å². The van der Waals surface area contributed by atoms with E-state index in [0.717, 1.165) is 55.8 Å². The molecule has 1 aliphatic heterocycles. The molecule has 5 heteroatoms. The summed E-state index contributed by atoms with van der Waals surface area (Å²) in [4.78, 5) is 28.3. The molecule has 2 aliphatic rings. The number of likely N-dealkylation sites (tertiary alicyclic amines) is 1. The topological polar surface area (TPSA) is 49.4 Å². The van der Waals surface area contributed by atoms with Gasteiger partial charge in [-0.3, -0.25) is 9.59 Å². The van der Waals surface area contributed by atoms with Gasteiger partial charge in [-0.25, -0.2) is 0 Å². The van der Waals surface area contributed by atoms with Crippen LogP contribution in [-0.2, 0) is 17.6 Å². The van der Waals surface area contributed by atoms with Gasteiger partial charge in [-0.15, -0.1) is 11.3 Å². The number of nitrogens with zero attached hydrogens (tertiary/aromatic N) is 1. The van der Waals surface area contributed by atoms with Crippen LogP contribution in [0.2, 0.25) is 0 Å². The zero-order valence-corrected chi connectivity index (χ0v) is 14.8. The number of amides is 2. The van der Waals surface area contributed by atoms with Crippen LogP contribution in [0.1, 0.15) is 72.7 Å². The quantitative estimate of drug-likeness (QED) is 0.850. The maximum absolute atomic E-state index is 13.1. The smallest absolute Gasteiger partial charge is 0.257 e.